The molecule has 0 heterocycles. The van der Waals surface area contributed by atoms with Gasteiger partial charge in [0.05, 0.1) is 5.75 Å². The van der Waals surface area contributed by atoms with E-state index in [9.17, 15) is 8.42 Å². The molecule has 0 fully saturated rings. The summed E-state index contributed by atoms with van der Waals surface area (Å²) in [5.74, 6) is -0.0676. The van der Waals surface area contributed by atoms with Gasteiger partial charge in [0, 0.05) is 5.69 Å². The Hall–Kier alpha value is -1.29. The Morgan fingerprint density at radius 3 is 2.46 bits per heavy atom. The molecule has 0 aliphatic rings. The first-order valence-electron chi connectivity index (χ1n) is 3.80. The fraction of sp³-hybridized carbons (Fsp3) is 0.111. The van der Waals surface area contributed by atoms with E-state index in [1.807, 2.05) is 6.07 Å². The van der Waals surface area contributed by atoms with Crippen LogP contribution in [-0.2, 0) is 10.0 Å². The van der Waals surface area contributed by atoms with E-state index in [0.29, 0.717) is 5.69 Å². The van der Waals surface area contributed by atoms with E-state index >= 15 is 0 Å². The Morgan fingerprint density at radius 1 is 1.31 bits per heavy atom. The molecule has 0 radical (unpaired) electrons. The zero-order valence-corrected chi connectivity index (χ0v) is 7.92. The van der Waals surface area contributed by atoms with Crippen LogP contribution in [0.5, 0.6) is 0 Å². The molecule has 1 rings (SSSR count). The van der Waals surface area contributed by atoms with Crippen LogP contribution in [0.1, 0.15) is 0 Å². The molecule has 0 unspecified atom stereocenters. The summed E-state index contributed by atoms with van der Waals surface area (Å²) in [6, 6.07) is 8.75. The van der Waals surface area contributed by atoms with E-state index in [0.717, 1.165) is 0 Å². The second kappa shape index (κ2) is 4.09. The fourth-order valence-corrected chi connectivity index (χ4v) is 1.77. The maximum Gasteiger partial charge on any atom is 0.236 e. The summed E-state index contributed by atoms with van der Waals surface area (Å²) in [4.78, 5) is 0. The van der Waals surface area contributed by atoms with Gasteiger partial charge in [0.25, 0.3) is 0 Å². The number of hydrogen-bond donors (Lipinski definition) is 1. The first-order chi connectivity index (χ1) is 6.14. The molecule has 0 saturated heterocycles. The van der Waals surface area contributed by atoms with E-state index in [1.165, 1.54) is 6.08 Å². The van der Waals surface area contributed by atoms with E-state index < -0.39 is 10.0 Å². The molecule has 0 spiro atoms. The Labute approximate surface area is 78.1 Å². The fourth-order valence-electron chi connectivity index (χ4n) is 0.883. The maximum atomic E-state index is 11.2. The topological polar surface area (TPSA) is 46.2 Å². The van der Waals surface area contributed by atoms with E-state index in [1.54, 1.807) is 24.3 Å². The molecule has 13 heavy (non-hydrogen) atoms. The van der Waals surface area contributed by atoms with Gasteiger partial charge in [-0.3, -0.25) is 4.72 Å². The first kappa shape index (κ1) is 9.80. The molecule has 1 aromatic rings. The Bertz CT molecular complexity index is 370. The zero-order chi connectivity index (χ0) is 9.73. The number of nitrogens with one attached hydrogen (secondary N) is 1. The largest absolute Gasteiger partial charge is 0.283 e. The summed E-state index contributed by atoms with van der Waals surface area (Å²) in [6.45, 7) is 3.37. The zero-order valence-electron chi connectivity index (χ0n) is 7.10. The number of benzene rings is 1. The highest BCUT2D eigenvalue weighted by Crippen LogP contribution is 2.07. The summed E-state index contributed by atoms with van der Waals surface area (Å²) in [7, 11) is -3.25. The number of sulfonamides is 1. The molecule has 0 aromatic heterocycles. The van der Waals surface area contributed by atoms with Crippen LogP contribution in [0.2, 0.25) is 0 Å². The van der Waals surface area contributed by atoms with Crippen molar-refractivity contribution in [3.8, 4) is 0 Å². The van der Waals surface area contributed by atoms with Crippen LogP contribution in [-0.4, -0.2) is 14.2 Å². The SMILES string of the molecule is C=CCS(=O)(=O)Nc1ccccc1. The summed E-state index contributed by atoms with van der Waals surface area (Å²) in [5, 5.41) is 0. The molecule has 3 nitrogen and oxygen atoms in total. The van der Waals surface area contributed by atoms with Crippen molar-refractivity contribution in [1.82, 2.24) is 0 Å². The molecule has 70 valence electrons. The minimum atomic E-state index is -3.25. The lowest BCUT2D eigenvalue weighted by atomic mass is 10.3. The van der Waals surface area contributed by atoms with Crippen LogP contribution in [0.4, 0.5) is 5.69 Å². The number of hydrogen-bond acceptors (Lipinski definition) is 2. The van der Waals surface area contributed by atoms with Crippen molar-refractivity contribution < 1.29 is 8.42 Å². The minimum absolute atomic E-state index is 0.0676. The second-order valence-corrected chi connectivity index (χ2v) is 4.31. The molecular weight excluding hydrogens is 186 g/mol. The highest BCUT2D eigenvalue weighted by Gasteiger charge is 2.05. The number of rotatable bonds is 4. The third kappa shape index (κ3) is 3.29. The van der Waals surface area contributed by atoms with Gasteiger partial charge in [0.2, 0.25) is 10.0 Å². The van der Waals surface area contributed by atoms with Crippen molar-refractivity contribution in [2.24, 2.45) is 0 Å². The van der Waals surface area contributed by atoms with Gasteiger partial charge in [-0.25, -0.2) is 8.42 Å². The molecule has 0 amide bonds. The molecule has 1 aromatic carbocycles. The lowest BCUT2D eigenvalue weighted by Crippen LogP contribution is -2.14. The monoisotopic (exact) mass is 197 g/mol. The molecule has 0 aliphatic carbocycles. The third-order valence-electron chi connectivity index (χ3n) is 1.38. The van der Waals surface area contributed by atoms with Crippen molar-refractivity contribution in [3.05, 3.63) is 43.0 Å². The summed E-state index contributed by atoms with van der Waals surface area (Å²) in [6.07, 6.45) is 1.35. The molecule has 0 aliphatic heterocycles. The van der Waals surface area contributed by atoms with Gasteiger partial charge in [-0.05, 0) is 12.1 Å². The maximum absolute atomic E-state index is 11.2. The predicted molar refractivity (Wildman–Crippen MR) is 54.0 cm³/mol. The van der Waals surface area contributed by atoms with Crippen LogP contribution < -0.4 is 4.72 Å². The number of anilines is 1. The van der Waals surface area contributed by atoms with Gasteiger partial charge >= 0.3 is 0 Å². The molecule has 0 atom stereocenters. The van der Waals surface area contributed by atoms with Crippen molar-refractivity contribution in [3.63, 3.8) is 0 Å². The lowest BCUT2D eigenvalue weighted by Gasteiger charge is -2.04. The molecule has 0 bridgehead atoms. The van der Waals surface area contributed by atoms with E-state index in [2.05, 4.69) is 11.3 Å². The average molecular weight is 197 g/mol. The van der Waals surface area contributed by atoms with Gasteiger partial charge in [-0.1, -0.05) is 24.3 Å². The van der Waals surface area contributed by atoms with Crippen LogP contribution in [0, 0.1) is 0 Å². The van der Waals surface area contributed by atoms with E-state index in [4.69, 9.17) is 0 Å². The van der Waals surface area contributed by atoms with E-state index in [-0.39, 0.29) is 5.75 Å². The van der Waals surface area contributed by atoms with Gasteiger partial charge < -0.3 is 0 Å². The third-order valence-corrected chi connectivity index (χ3v) is 2.61. The second-order valence-electron chi connectivity index (χ2n) is 2.54. The Balaban J connectivity index is 2.75. The average Bonchev–Trinajstić information content (AvgIpc) is 2.04. The molecular formula is C9H11NO2S. The standard InChI is InChI=1S/C9H11NO2S/c1-2-8-13(11,12)10-9-6-4-3-5-7-9/h2-7,10H,1,8H2. The summed E-state index contributed by atoms with van der Waals surface area (Å²) in [5.41, 5.74) is 0.573. The summed E-state index contributed by atoms with van der Waals surface area (Å²) < 4.78 is 24.9. The quantitative estimate of drug-likeness (QED) is 0.745. The van der Waals surface area contributed by atoms with Crippen LogP contribution in [0.15, 0.2) is 43.0 Å². The van der Waals surface area contributed by atoms with Crippen molar-refractivity contribution in [2.45, 2.75) is 0 Å². The highest BCUT2D eigenvalue weighted by atomic mass is 32.2. The Morgan fingerprint density at radius 2 is 1.92 bits per heavy atom. The lowest BCUT2D eigenvalue weighted by molar-refractivity contribution is 0.604. The van der Waals surface area contributed by atoms with Gasteiger partial charge in [0.1, 0.15) is 0 Å². The Kier molecular flexibility index (Phi) is 3.08. The smallest absolute Gasteiger partial charge is 0.236 e. The van der Waals surface area contributed by atoms with Crippen molar-refractivity contribution in [1.29, 1.82) is 0 Å². The van der Waals surface area contributed by atoms with Gasteiger partial charge in [-0.15, -0.1) is 6.58 Å². The van der Waals surface area contributed by atoms with Gasteiger partial charge in [0.15, 0.2) is 0 Å². The molecule has 0 saturated carbocycles. The molecule has 4 heteroatoms. The van der Waals surface area contributed by atoms with Crippen LogP contribution in [0.3, 0.4) is 0 Å². The predicted octanol–water partition coefficient (Wildman–Crippen LogP) is 1.61. The van der Waals surface area contributed by atoms with Crippen molar-refractivity contribution in [2.75, 3.05) is 10.5 Å². The van der Waals surface area contributed by atoms with Crippen LogP contribution >= 0.6 is 0 Å². The normalized spacial score (nSPS) is 10.8. The minimum Gasteiger partial charge on any atom is -0.283 e. The first-order valence-corrected chi connectivity index (χ1v) is 5.46. The molecule has 1 N–H and O–H groups in total. The van der Waals surface area contributed by atoms with Crippen molar-refractivity contribution >= 4 is 15.7 Å². The van der Waals surface area contributed by atoms with Crippen LogP contribution in [0.25, 0.3) is 0 Å². The number of para-hydroxylation sites is 1. The van der Waals surface area contributed by atoms with Gasteiger partial charge in [-0.2, -0.15) is 0 Å². The summed E-state index contributed by atoms with van der Waals surface area (Å²) >= 11 is 0. The highest BCUT2D eigenvalue weighted by molar-refractivity contribution is 7.92.